The maximum Gasteiger partial charge on any atom is 0.261 e. The largest absolute Gasteiger partial charge is 0.497 e. The Morgan fingerprint density at radius 3 is 2.43 bits per heavy atom. The molecule has 1 saturated carbocycles. The summed E-state index contributed by atoms with van der Waals surface area (Å²) >= 11 is 0. The average Bonchev–Trinajstić information content (AvgIpc) is 3.15. The van der Waals surface area contributed by atoms with Gasteiger partial charge >= 0.3 is 0 Å². The van der Waals surface area contributed by atoms with Crippen LogP contribution in [0.5, 0.6) is 5.75 Å². The molecule has 0 spiro atoms. The number of nitrogens with zero attached hydrogens (tertiary/aromatic N) is 2. The summed E-state index contributed by atoms with van der Waals surface area (Å²) in [4.78, 5) is 42.8. The third kappa shape index (κ3) is 4.96. The molecule has 3 amide bonds. The number of hydrogen-bond acceptors (Lipinski definition) is 5. The molecule has 184 valence electrons. The molecule has 7 heteroatoms. The predicted octanol–water partition coefficient (Wildman–Crippen LogP) is 4.02. The zero-order chi connectivity index (χ0) is 24.4. The highest BCUT2D eigenvalue weighted by atomic mass is 16.5. The second-order valence-electron chi connectivity index (χ2n) is 9.91. The van der Waals surface area contributed by atoms with Crippen LogP contribution in [0.1, 0.15) is 81.6 Å². The Hall–Kier alpha value is -3.19. The van der Waals surface area contributed by atoms with E-state index in [0.717, 1.165) is 70.3 Å². The number of likely N-dealkylation sites (tertiary alicyclic amines) is 1. The molecule has 0 atom stereocenters. The van der Waals surface area contributed by atoms with E-state index in [9.17, 15) is 14.4 Å². The number of methoxy groups -OCH3 is 1. The number of piperidine rings is 1. The van der Waals surface area contributed by atoms with Gasteiger partial charge < -0.3 is 10.1 Å². The van der Waals surface area contributed by atoms with Crippen LogP contribution in [0.2, 0.25) is 0 Å². The number of ether oxygens (including phenoxy) is 1. The van der Waals surface area contributed by atoms with Gasteiger partial charge in [0, 0.05) is 37.3 Å². The van der Waals surface area contributed by atoms with E-state index >= 15 is 0 Å². The second kappa shape index (κ2) is 10.2. The van der Waals surface area contributed by atoms with Crippen LogP contribution >= 0.6 is 0 Å². The Kier molecular flexibility index (Phi) is 6.86. The maximum atomic E-state index is 13.1. The summed E-state index contributed by atoms with van der Waals surface area (Å²) in [5, 5.41) is 3.13. The smallest absolute Gasteiger partial charge is 0.261 e. The number of benzene rings is 2. The molecule has 1 saturated heterocycles. The fourth-order valence-electron chi connectivity index (χ4n) is 5.60. The molecule has 2 aliphatic heterocycles. The van der Waals surface area contributed by atoms with Crippen molar-refractivity contribution in [2.75, 3.05) is 20.2 Å². The number of fused-ring (bicyclic) bond motifs is 1. The minimum absolute atomic E-state index is 0.0180. The van der Waals surface area contributed by atoms with E-state index in [1.54, 1.807) is 25.3 Å². The first-order valence-corrected chi connectivity index (χ1v) is 12.7. The van der Waals surface area contributed by atoms with Crippen molar-refractivity contribution in [2.45, 2.75) is 63.6 Å². The van der Waals surface area contributed by atoms with Crippen molar-refractivity contribution >= 4 is 17.7 Å². The summed E-state index contributed by atoms with van der Waals surface area (Å²) in [5.74, 6) is 0.209. The highest BCUT2D eigenvalue weighted by Crippen LogP contribution is 2.31. The fourth-order valence-corrected chi connectivity index (χ4v) is 5.60. The molecule has 0 aromatic heterocycles. The molecule has 5 rings (SSSR count). The normalized spacial score (nSPS) is 19.6. The predicted molar refractivity (Wildman–Crippen MR) is 133 cm³/mol. The molecule has 2 heterocycles. The summed E-state index contributed by atoms with van der Waals surface area (Å²) in [6, 6.07) is 13.1. The van der Waals surface area contributed by atoms with Gasteiger partial charge in [-0.1, -0.05) is 31.4 Å². The van der Waals surface area contributed by atoms with Crippen molar-refractivity contribution in [3.05, 3.63) is 64.7 Å². The lowest BCUT2D eigenvalue weighted by Crippen LogP contribution is -2.44. The molecule has 2 aromatic carbocycles. The SMILES string of the molecule is COc1cccc(CN2CCC(NC(=O)c3ccc4c(c3)C(=O)N(C3CCCCC3)C4=O)CC2)c1. The second-order valence-corrected chi connectivity index (χ2v) is 9.91. The van der Waals surface area contributed by atoms with E-state index in [-0.39, 0.29) is 29.8 Å². The summed E-state index contributed by atoms with van der Waals surface area (Å²) in [6.07, 6.45) is 6.73. The summed E-state index contributed by atoms with van der Waals surface area (Å²) in [6.45, 7) is 2.65. The van der Waals surface area contributed by atoms with Crippen LogP contribution < -0.4 is 10.1 Å². The average molecular weight is 476 g/mol. The monoisotopic (exact) mass is 475 g/mol. The van der Waals surface area contributed by atoms with E-state index < -0.39 is 0 Å². The summed E-state index contributed by atoms with van der Waals surface area (Å²) < 4.78 is 5.32. The van der Waals surface area contributed by atoms with Gasteiger partial charge in [0.1, 0.15) is 5.75 Å². The van der Waals surface area contributed by atoms with Gasteiger partial charge in [-0.05, 0) is 61.6 Å². The van der Waals surface area contributed by atoms with Gasteiger partial charge in [-0.25, -0.2) is 0 Å². The van der Waals surface area contributed by atoms with E-state index in [4.69, 9.17) is 4.74 Å². The van der Waals surface area contributed by atoms with Crippen LogP contribution in [-0.4, -0.2) is 59.8 Å². The van der Waals surface area contributed by atoms with Crippen LogP contribution in [0.25, 0.3) is 0 Å². The number of nitrogens with one attached hydrogen (secondary N) is 1. The maximum absolute atomic E-state index is 13.1. The molecule has 2 fully saturated rings. The summed E-state index contributed by atoms with van der Waals surface area (Å²) in [7, 11) is 1.68. The lowest BCUT2D eigenvalue weighted by atomic mass is 9.94. The highest BCUT2D eigenvalue weighted by molar-refractivity contribution is 6.22. The lowest BCUT2D eigenvalue weighted by Gasteiger charge is -2.32. The van der Waals surface area contributed by atoms with Crippen LogP contribution in [0, 0.1) is 0 Å². The topological polar surface area (TPSA) is 79.0 Å². The zero-order valence-electron chi connectivity index (χ0n) is 20.3. The van der Waals surface area contributed by atoms with Crippen LogP contribution in [0.15, 0.2) is 42.5 Å². The number of amides is 3. The zero-order valence-corrected chi connectivity index (χ0v) is 20.3. The third-order valence-electron chi connectivity index (χ3n) is 7.58. The number of imide groups is 1. The van der Waals surface area contributed by atoms with Crippen LogP contribution in [0.3, 0.4) is 0 Å². The Morgan fingerprint density at radius 1 is 0.943 bits per heavy atom. The van der Waals surface area contributed by atoms with Crippen LogP contribution in [-0.2, 0) is 6.54 Å². The van der Waals surface area contributed by atoms with Gasteiger partial charge in [0.2, 0.25) is 0 Å². The highest BCUT2D eigenvalue weighted by Gasteiger charge is 2.40. The fraction of sp³-hybridized carbons (Fsp3) is 0.464. The Balaban J connectivity index is 1.18. The Morgan fingerprint density at radius 2 is 1.69 bits per heavy atom. The molecule has 0 radical (unpaired) electrons. The minimum Gasteiger partial charge on any atom is -0.497 e. The Labute approximate surface area is 206 Å². The third-order valence-corrected chi connectivity index (χ3v) is 7.58. The van der Waals surface area contributed by atoms with Crippen LogP contribution in [0.4, 0.5) is 0 Å². The van der Waals surface area contributed by atoms with Crippen molar-refractivity contribution in [3.8, 4) is 5.75 Å². The molecule has 2 aromatic rings. The first kappa shape index (κ1) is 23.5. The Bertz CT molecular complexity index is 1120. The van der Waals surface area contributed by atoms with E-state index in [2.05, 4.69) is 22.3 Å². The molecule has 7 nitrogen and oxygen atoms in total. The van der Waals surface area contributed by atoms with Gasteiger partial charge in [0.25, 0.3) is 17.7 Å². The van der Waals surface area contributed by atoms with Crippen molar-refractivity contribution < 1.29 is 19.1 Å². The molecular formula is C28H33N3O4. The molecular weight excluding hydrogens is 442 g/mol. The minimum atomic E-state index is -0.252. The van der Waals surface area contributed by atoms with Crippen molar-refractivity contribution in [1.82, 2.24) is 15.1 Å². The number of rotatable bonds is 6. The van der Waals surface area contributed by atoms with E-state index in [1.807, 2.05) is 12.1 Å². The molecule has 1 aliphatic carbocycles. The number of carbonyl (C=O) groups is 3. The van der Waals surface area contributed by atoms with Gasteiger partial charge in [-0.2, -0.15) is 0 Å². The molecule has 1 N–H and O–H groups in total. The van der Waals surface area contributed by atoms with E-state index in [1.165, 1.54) is 10.5 Å². The van der Waals surface area contributed by atoms with Crippen molar-refractivity contribution in [1.29, 1.82) is 0 Å². The van der Waals surface area contributed by atoms with E-state index in [0.29, 0.717) is 16.7 Å². The molecule has 35 heavy (non-hydrogen) atoms. The molecule has 0 unspecified atom stereocenters. The van der Waals surface area contributed by atoms with Gasteiger partial charge in [0.05, 0.1) is 18.2 Å². The number of hydrogen-bond donors (Lipinski definition) is 1. The summed E-state index contributed by atoms with van der Waals surface area (Å²) in [5.41, 5.74) is 2.44. The first-order valence-electron chi connectivity index (χ1n) is 12.7. The lowest BCUT2D eigenvalue weighted by molar-refractivity contribution is 0.0548. The van der Waals surface area contributed by atoms with Gasteiger partial charge in [-0.15, -0.1) is 0 Å². The quantitative estimate of drug-likeness (QED) is 0.639. The first-order chi connectivity index (χ1) is 17.0. The number of carbonyl (C=O) groups excluding carboxylic acids is 3. The molecule has 0 bridgehead atoms. The van der Waals surface area contributed by atoms with Gasteiger partial charge in [0.15, 0.2) is 0 Å². The molecule has 3 aliphatic rings. The van der Waals surface area contributed by atoms with Crippen molar-refractivity contribution in [3.63, 3.8) is 0 Å². The van der Waals surface area contributed by atoms with Crippen molar-refractivity contribution in [2.24, 2.45) is 0 Å². The standard InChI is InChI=1S/C28H33N3O4/c1-35-23-9-5-6-19(16-23)18-30-14-12-21(13-15-30)29-26(32)20-10-11-24-25(17-20)28(34)31(27(24)33)22-7-3-2-4-8-22/h5-6,9-11,16-17,21-22H,2-4,7-8,12-15,18H2,1H3,(H,29,32). The van der Waals surface area contributed by atoms with Gasteiger partial charge in [-0.3, -0.25) is 24.2 Å².